The molecule has 0 spiro atoms. The van der Waals surface area contributed by atoms with E-state index in [-0.39, 0.29) is 16.9 Å². The van der Waals surface area contributed by atoms with Gasteiger partial charge in [0.25, 0.3) is 5.56 Å². The molecule has 0 bridgehead atoms. The highest BCUT2D eigenvalue weighted by atomic mass is 31.0. The zero-order chi connectivity index (χ0) is 11.0. The maximum Gasteiger partial charge on any atom is 0.282 e. The molecule has 1 saturated heterocycles. The molecular weight excluding hydrogens is 213 g/mol. The molecule has 1 fully saturated rings. The highest BCUT2D eigenvalue weighted by Crippen LogP contribution is 2.22. The number of aromatic nitrogens is 2. The molecule has 0 aromatic carbocycles. The SMILES string of the molecule is CC(=O)c1c(N2CCC2)cnn(P)c1=O. The van der Waals surface area contributed by atoms with Crippen molar-refractivity contribution in [2.24, 2.45) is 0 Å². The van der Waals surface area contributed by atoms with Gasteiger partial charge in [0.1, 0.15) is 5.56 Å². The fraction of sp³-hybridized carbons (Fsp3) is 0.444. The van der Waals surface area contributed by atoms with Gasteiger partial charge in [-0.2, -0.15) is 5.10 Å². The highest BCUT2D eigenvalue weighted by molar-refractivity contribution is 7.14. The van der Waals surface area contributed by atoms with E-state index in [1.807, 2.05) is 4.90 Å². The smallest absolute Gasteiger partial charge is 0.282 e. The largest absolute Gasteiger partial charge is 0.369 e. The van der Waals surface area contributed by atoms with Crippen LogP contribution in [0.2, 0.25) is 0 Å². The predicted molar refractivity (Wildman–Crippen MR) is 60.4 cm³/mol. The Labute approximate surface area is 89.3 Å². The Hall–Kier alpha value is -1.22. The molecule has 5 nitrogen and oxygen atoms in total. The van der Waals surface area contributed by atoms with Crippen LogP contribution in [0.4, 0.5) is 5.69 Å². The Kier molecular flexibility index (Phi) is 2.57. The molecular formula is C9H12N3O2P. The Morgan fingerprint density at radius 3 is 2.67 bits per heavy atom. The standard InChI is InChI=1S/C9H12N3O2P/c1-6(13)8-7(11-3-2-4-11)5-10-12(15)9(8)14/h5H,2-4,15H2,1H3. The number of ketones is 1. The van der Waals surface area contributed by atoms with E-state index in [9.17, 15) is 9.59 Å². The van der Waals surface area contributed by atoms with Crippen molar-refractivity contribution < 1.29 is 4.79 Å². The van der Waals surface area contributed by atoms with Crippen molar-refractivity contribution in [2.75, 3.05) is 18.0 Å². The maximum absolute atomic E-state index is 11.7. The first-order valence-electron chi connectivity index (χ1n) is 4.74. The third kappa shape index (κ3) is 1.67. The summed E-state index contributed by atoms with van der Waals surface area (Å²) in [5.74, 6) is -0.208. The third-order valence-corrected chi connectivity index (χ3v) is 2.90. The molecule has 0 amide bonds. The average Bonchev–Trinajstić information content (AvgIpc) is 2.08. The fourth-order valence-corrected chi connectivity index (χ4v) is 1.78. The van der Waals surface area contributed by atoms with E-state index in [1.54, 1.807) is 6.20 Å². The summed E-state index contributed by atoms with van der Waals surface area (Å²) in [7, 11) is 2.18. The van der Waals surface area contributed by atoms with Gasteiger partial charge in [0.05, 0.1) is 11.9 Å². The van der Waals surface area contributed by atoms with Crippen molar-refractivity contribution in [3.05, 3.63) is 22.1 Å². The molecule has 6 heteroatoms. The second-order valence-corrected chi connectivity index (χ2v) is 4.04. The summed E-state index contributed by atoms with van der Waals surface area (Å²) in [5.41, 5.74) is 0.550. The monoisotopic (exact) mass is 225 g/mol. The predicted octanol–water partition coefficient (Wildman–Crippen LogP) is 0.294. The topological polar surface area (TPSA) is 55.2 Å². The molecule has 0 aliphatic carbocycles. The van der Waals surface area contributed by atoms with Crippen LogP contribution in [0.15, 0.2) is 11.0 Å². The summed E-state index contributed by atoms with van der Waals surface area (Å²) in [6.07, 6.45) is 2.67. The number of carbonyl (C=O) groups is 1. The number of nitrogens with zero attached hydrogens (tertiary/aromatic N) is 3. The van der Waals surface area contributed by atoms with Gasteiger partial charge in [0.2, 0.25) is 0 Å². The van der Waals surface area contributed by atoms with Crippen LogP contribution in [0.3, 0.4) is 0 Å². The molecule has 1 aliphatic heterocycles. The molecule has 1 unspecified atom stereocenters. The van der Waals surface area contributed by atoms with E-state index in [0.29, 0.717) is 5.69 Å². The maximum atomic E-state index is 11.7. The Morgan fingerprint density at radius 2 is 2.20 bits per heavy atom. The number of hydrogen-bond donors (Lipinski definition) is 0. The first kappa shape index (κ1) is 10.3. The van der Waals surface area contributed by atoms with Crippen LogP contribution in [0.25, 0.3) is 0 Å². The fourth-order valence-electron chi connectivity index (χ4n) is 1.59. The Morgan fingerprint density at radius 1 is 1.53 bits per heavy atom. The first-order chi connectivity index (χ1) is 7.11. The first-order valence-corrected chi connectivity index (χ1v) is 5.26. The van der Waals surface area contributed by atoms with Gasteiger partial charge in [-0.1, -0.05) is 0 Å². The molecule has 80 valence electrons. The van der Waals surface area contributed by atoms with Gasteiger partial charge in [-0.15, -0.1) is 0 Å². The number of anilines is 1. The molecule has 1 aromatic rings. The molecule has 15 heavy (non-hydrogen) atoms. The molecule has 0 N–H and O–H groups in total. The van der Waals surface area contributed by atoms with E-state index >= 15 is 0 Å². The number of hydrogen-bond acceptors (Lipinski definition) is 4. The minimum absolute atomic E-state index is 0.208. The minimum Gasteiger partial charge on any atom is -0.369 e. The van der Waals surface area contributed by atoms with Crippen molar-refractivity contribution in [1.82, 2.24) is 9.55 Å². The van der Waals surface area contributed by atoms with Gasteiger partial charge in [0.15, 0.2) is 5.78 Å². The summed E-state index contributed by atoms with van der Waals surface area (Å²) in [4.78, 5) is 25.1. The number of rotatable bonds is 2. The second kappa shape index (κ2) is 3.74. The summed E-state index contributed by atoms with van der Waals surface area (Å²) in [5, 5.41) is 3.90. The van der Waals surface area contributed by atoms with Crippen LogP contribution in [0.5, 0.6) is 0 Å². The summed E-state index contributed by atoms with van der Waals surface area (Å²) in [6, 6.07) is 0. The molecule has 1 aromatic heterocycles. The molecule has 1 aliphatic rings. The number of Topliss-reactive ketones (excluding diaryl/α,β-unsaturated/α-hetero) is 1. The summed E-state index contributed by atoms with van der Waals surface area (Å²) >= 11 is 0. The van der Waals surface area contributed by atoms with Gasteiger partial charge >= 0.3 is 0 Å². The lowest BCUT2D eigenvalue weighted by Crippen LogP contribution is -2.40. The van der Waals surface area contributed by atoms with E-state index in [4.69, 9.17) is 0 Å². The minimum atomic E-state index is -0.350. The van der Waals surface area contributed by atoms with E-state index in [2.05, 4.69) is 14.5 Å². The van der Waals surface area contributed by atoms with E-state index in [1.165, 1.54) is 6.92 Å². The molecule has 0 saturated carbocycles. The quantitative estimate of drug-likeness (QED) is 0.536. The van der Waals surface area contributed by atoms with Crippen molar-refractivity contribution in [3.63, 3.8) is 0 Å². The highest BCUT2D eigenvalue weighted by Gasteiger charge is 2.22. The summed E-state index contributed by atoms with van der Waals surface area (Å²) < 4.78 is 1.11. The van der Waals surface area contributed by atoms with Crippen LogP contribution in [0.1, 0.15) is 23.7 Å². The molecule has 1 atom stereocenters. The van der Waals surface area contributed by atoms with Gasteiger partial charge in [0, 0.05) is 13.1 Å². The normalized spacial score (nSPS) is 14.9. The van der Waals surface area contributed by atoms with Crippen LogP contribution >= 0.6 is 9.39 Å². The molecule has 2 rings (SSSR count). The van der Waals surface area contributed by atoms with Gasteiger partial charge < -0.3 is 4.90 Å². The molecule has 2 heterocycles. The van der Waals surface area contributed by atoms with Crippen molar-refractivity contribution in [1.29, 1.82) is 0 Å². The number of carbonyl (C=O) groups excluding carboxylic acids is 1. The van der Waals surface area contributed by atoms with Crippen molar-refractivity contribution in [2.45, 2.75) is 13.3 Å². The lowest BCUT2D eigenvalue weighted by molar-refractivity contribution is 0.101. The van der Waals surface area contributed by atoms with Gasteiger partial charge in [-0.05, 0) is 22.7 Å². The van der Waals surface area contributed by atoms with Gasteiger partial charge in [-0.25, -0.2) is 4.45 Å². The lowest BCUT2D eigenvalue weighted by atomic mass is 10.1. The Balaban J connectivity index is 2.58. The Bertz CT molecular complexity index is 465. The lowest BCUT2D eigenvalue weighted by Gasteiger charge is -2.33. The zero-order valence-electron chi connectivity index (χ0n) is 8.43. The van der Waals surface area contributed by atoms with Crippen LogP contribution in [-0.4, -0.2) is 28.4 Å². The van der Waals surface area contributed by atoms with E-state index in [0.717, 1.165) is 24.0 Å². The second-order valence-electron chi connectivity index (χ2n) is 3.55. The zero-order valence-corrected chi connectivity index (χ0v) is 9.59. The van der Waals surface area contributed by atoms with Crippen molar-refractivity contribution >= 4 is 20.9 Å². The van der Waals surface area contributed by atoms with Crippen LogP contribution < -0.4 is 10.5 Å². The van der Waals surface area contributed by atoms with Crippen molar-refractivity contribution in [3.8, 4) is 0 Å². The van der Waals surface area contributed by atoms with E-state index < -0.39 is 0 Å². The van der Waals surface area contributed by atoms with Crippen LogP contribution in [-0.2, 0) is 0 Å². The summed E-state index contributed by atoms with van der Waals surface area (Å²) in [6.45, 7) is 3.19. The van der Waals surface area contributed by atoms with Gasteiger partial charge in [-0.3, -0.25) is 9.59 Å². The molecule has 0 radical (unpaired) electrons. The van der Waals surface area contributed by atoms with Crippen LogP contribution in [0, 0.1) is 0 Å². The third-order valence-electron chi connectivity index (χ3n) is 2.53. The average molecular weight is 225 g/mol.